The summed E-state index contributed by atoms with van der Waals surface area (Å²) in [6.45, 7) is 5.32. The molecule has 2 aromatic heterocycles. The summed E-state index contributed by atoms with van der Waals surface area (Å²) < 4.78 is 5.28. The second-order valence-corrected chi connectivity index (χ2v) is 5.67. The number of carbonyl (C=O) groups is 1. The lowest BCUT2D eigenvalue weighted by Gasteiger charge is -2.24. The van der Waals surface area contributed by atoms with Gasteiger partial charge in [-0.1, -0.05) is 5.16 Å². The van der Waals surface area contributed by atoms with Crippen LogP contribution in [-0.2, 0) is 6.54 Å². The highest BCUT2D eigenvalue weighted by Crippen LogP contribution is 2.36. The van der Waals surface area contributed by atoms with E-state index >= 15 is 0 Å². The van der Waals surface area contributed by atoms with Crippen LogP contribution in [0.25, 0.3) is 0 Å². The van der Waals surface area contributed by atoms with E-state index in [9.17, 15) is 9.90 Å². The minimum atomic E-state index is -0.934. The first kappa shape index (κ1) is 14.7. The van der Waals surface area contributed by atoms with E-state index in [1.54, 1.807) is 18.3 Å². The molecule has 116 valence electrons. The van der Waals surface area contributed by atoms with Gasteiger partial charge in [-0.15, -0.1) is 0 Å². The van der Waals surface area contributed by atoms with Crippen molar-refractivity contribution < 1.29 is 14.4 Å². The van der Waals surface area contributed by atoms with Crippen molar-refractivity contribution in [3.8, 4) is 0 Å². The Bertz CT molecular complexity index is 676. The van der Waals surface area contributed by atoms with E-state index in [4.69, 9.17) is 4.52 Å². The SMILES string of the molecule is Cc1noc(C)c1[C@H]1CCCN1Cc1ncccc1C(=O)O. The van der Waals surface area contributed by atoms with Crippen LogP contribution in [0.15, 0.2) is 22.9 Å². The molecule has 1 aliphatic rings. The van der Waals surface area contributed by atoms with Crippen LogP contribution in [0.5, 0.6) is 0 Å². The van der Waals surface area contributed by atoms with Gasteiger partial charge in [0.25, 0.3) is 0 Å². The Morgan fingerprint density at radius 3 is 3.00 bits per heavy atom. The molecule has 2 aromatic rings. The molecule has 0 radical (unpaired) electrons. The van der Waals surface area contributed by atoms with Crippen molar-refractivity contribution in [1.29, 1.82) is 0 Å². The maximum absolute atomic E-state index is 11.3. The molecule has 0 aliphatic carbocycles. The van der Waals surface area contributed by atoms with Crippen molar-refractivity contribution in [3.63, 3.8) is 0 Å². The monoisotopic (exact) mass is 301 g/mol. The molecular weight excluding hydrogens is 282 g/mol. The molecule has 1 atom stereocenters. The van der Waals surface area contributed by atoms with Gasteiger partial charge < -0.3 is 9.63 Å². The van der Waals surface area contributed by atoms with Crippen molar-refractivity contribution in [3.05, 3.63) is 46.6 Å². The lowest BCUT2D eigenvalue weighted by molar-refractivity contribution is 0.0693. The first-order chi connectivity index (χ1) is 10.6. The predicted octanol–water partition coefficient (Wildman–Crippen LogP) is 2.72. The average Bonchev–Trinajstić information content (AvgIpc) is 3.06. The van der Waals surface area contributed by atoms with E-state index in [1.165, 1.54) is 0 Å². The normalized spacial score (nSPS) is 18.7. The molecule has 1 aliphatic heterocycles. The first-order valence-corrected chi connectivity index (χ1v) is 7.42. The van der Waals surface area contributed by atoms with Gasteiger partial charge in [-0.2, -0.15) is 0 Å². The summed E-state index contributed by atoms with van der Waals surface area (Å²) in [5, 5.41) is 13.3. The zero-order valence-electron chi connectivity index (χ0n) is 12.7. The number of hydrogen-bond donors (Lipinski definition) is 1. The second kappa shape index (κ2) is 5.88. The van der Waals surface area contributed by atoms with Crippen molar-refractivity contribution >= 4 is 5.97 Å². The van der Waals surface area contributed by atoms with Crippen LogP contribution in [0.1, 0.15) is 52.0 Å². The summed E-state index contributed by atoms with van der Waals surface area (Å²) in [7, 11) is 0. The fraction of sp³-hybridized carbons (Fsp3) is 0.438. The maximum Gasteiger partial charge on any atom is 0.337 e. The van der Waals surface area contributed by atoms with Crippen molar-refractivity contribution in [2.45, 2.75) is 39.3 Å². The summed E-state index contributed by atoms with van der Waals surface area (Å²) >= 11 is 0. The van der Waals surface area contributed by atoms with Gasteiger partial charge in [0.2, 0.25) is 0 Å². The van der Waals surface area contributed by atoms with Gasteiger partial charge >= 0.3 is 5.97 Å². The van der Waals surface area contributed by atoms with Crippen LogP contribution >= 0.6 is 0 Å². The molecule has 0 amide bonds. The lowest BCUT2D eigenvalue weighted by atomic mass is 10.0. The summed E-state index contributed by atoms with van der Waals surface area (Å²) in [4.78, 5) is 17.9. The quantitative estimate of drug-likeness (QED) is 0.935. The number of pyridine rings is 1. The third-order valence-corrected chi connectivity index (χ3v) is 4.26. The number of nitrogens with zero attached hydrogens (tertiary/aromatic N) is 3. The second-order valence-electron chi connectivity index (χ2n) is 5.67. The van der Waals surface area contributed by atoms with E-state index in [0.717, 1.165) is 36.4 Å². The molecule has 6 nitrogen and oxygen atoms in total. The van der Waals surface area contributed by atoms with Gasteiger partial charge in [0.05, 0.1) is 17.0 Å². The van der Waals surface area contributed by atoms with E-state index in [0.29, 0.717) is 12.2 Å². The Morgan fingerprint density at radius 2 is 2.32 bits per heavy atom. The van der Waals surface area contributed by atoms with Gasteiger partial charge in [0.1, 0.15) is 5.76 Å². The number of aromatic nitrogens is 2. The number of aryl methyl sites for hydroxylation is 2. The lowest BCUT2D eigenvalue weighted by Crippen LogP contribution is -2.25. The van der Waals surface area contributed by atoms with Crippen molar-refractivity contribution in [2.75, 3.05) is 6.54 Å². The Balaban J connectivity index is 1.88. The van der Waals surface area contributed by atoms with E-state index < -0.39 is 5.97 Å². The molecular formula is C16H19N3O3. The highest BCUT2D eigenvalue weighted by Gasteiger charge is 2.31. The molecule has 1 fully saturated rings. The summed E-state index contributed by atoms with van der Waals surface area (Å²) in [5.41, 5.74) is 2.92. The molecule has 0 spiro atoms. The topological polar surface area (TPSA) is 79.5 Å². The molecule has 1 N–H and O–H groups in total. The van der Waals surface area contributed by atoms with Crippen LogP contribution in [0.4, 0.5) is 0 Å². The molecule has 1 saturated heterocycles. The number of likely N-dealkylation sites (tertiary alicyclic amines) is 1. The van der Waals surface area contributed by atoms with Gasteiger partial charge in [-0.25, -0.2) is 4.79 Å². The molecule has 3 heterocycles. The maximum atomic E-state index is 11.3. The average molecular weight is 301 g/mol. The molecule has 0 saturated carbocycles. The summed E-state index contributed by atoms with van der Waals surface area (Å²) in [6, 6.07) is 3.48. The largest absolute Gasteiger partial charge is 0.478 e. The zero-order chi connectivity index (χ0) is 15.7. The smallest absolute Gasteiger partial charge is 0.337 e. The van der Waals surface area contributed by atoms with Crippen LogP contribution < -0.4 is 0 Å². The Morgan fingerprint density at radius 1 is 1.50 bits per heavy atom. The van der Waals surface area contributed by atoms with Crippen molar-refractivity contribution in [2.24, 2.45) is 0 Å². The molecule has 0 bridgehead atoms. The van der Waals surface area contributed by atoms with E-state index in [-0.39, 0.29) is 11.6 Å². The van der Waals surface area contributed by atoms with Gasteiger partial charge in [0, 0.05) is 24.3 Å². The van der Waals surface area contributed by atoms with Crippen LogP contribution in [0.2, 0.25) is 0 Å². The number of rotatable bonds is 4. The summed E-state index contributed by atoms with van der Waals surface area (Å²) in [5.74, 6) is -0.0925. The fourth-order valence-electron chi connectivity index (χ4n) is 3.26. The fourth-order valence-corrected chi connectivity index (χ4v) is 3.26. The third-order valence-electron chi connectivity index (χ3n) is 4.26. The van der Waals surface area contributed by atoms with Gasteiger partial charge in [-0.05, 0) is 45.4 Å². The minimum Gasteiger partial charge on any atom is -0.478 e. The van der Waals surface area contributed by atoms with Crippen molar-refractivity contribution in [1.82, 2.24) is 15.0 Å². The Kier molecular flexibility index (Phi) is 3.94. The van der Waals surface area contributed by atoms with Crippen LogP contribution in [-0.4, -0.2) is 32.7 Å². The Labute approximate surface area is 128 Å². The third kappa shape index (κ3) is 2.62. The predicted molar refractivity (Wildman–Crippen MR) is 79.6 cm³/mol. The van der Waals surface area contributed by atoms with Crippen LogP contribution in [0, 0.1) is 13.8 Å². The highest BCUT2D eigenvalue weighted by molar-refractivity contribution is 5.88. The number of hydrogen-bond acceptors (Lipinski definition) is 5. The highest BCUT2D eigenvalue weighted by atomic mass is 16.5. The van der Waals surface area contributed by atoms with Crippen LogP contribution in [0.3, 0.4) is 0 Å². The standard InChI is InChI=1S/C16H19N3O3/c1-10-15(11(2)22-18-10)14-6-4-8-19(14)9-13-12(16(20)21)5-3-7-17-13/h3,5,7,14H,4,6,8-9H2,1-2H3,(H,20,21)/t14-/m1/s1. The molecule has 0 aromatic carbocycles. The number of carboxylic acid groups (broad SMARTS) is 1. The molecule has 6 heteroatoms. The van der Waals surface area contributed by atoms with E-state index in [2.05, 4.69) is 15.0 Å². The zero-order valence-corrected chi connectivity index (χ0v) is 12.7. The Hall–Kier alpha value is -2.21. The summed E-state index contributed by atoms with van der Waals surface area (Å²) in [6.07, 6.45) is 3.74. The number of aromatic carboxylic acids is 1. The van der Waals surface area contributed by atoms with E-state index in [1.807, 2.05) is 13.8 Å². The van der Waals surface area contributed by atoms with Gasteiger partial charge in [-0.3, -0.25) is 9.88 Å². The van der Waals surface area contributed by atoms with Gasteiger partial charge in [0.15, 0.2) is 0 Å². The molecule has 3 rings (SSSR count). The molecule has 0 unspecified atom stereocenters. The minimum absolute atomic E-state index is 0.218. The first-order valence-electron chi connectivity index (χ1n) is 7.42. The molecule has 22 heavy (non-hydrogen) atoms. The number of carboxylic acids is 1.